The van der Waals surface area contributed by atoms with Crippen molar-refractivity contribution in [3.05, 3.63) is 0 Å². The molecule has 0 unspecified atom stereocenters. The first-order chi connectivity index (χ1) is 5.95. The maximum atomic E-state index is 10.5. The number of aliphatic carboxylic acids is 1. The monoisotopic (exact) mass is 192 g/mol. The average molecular weight is 192 g/mol. The summed E-state index contributed by atoms with van der Waals surface area (Å²) in [5.74, 6) is -1.36. The van der Waals surface area contributed by atoms with E-state index in [1.165, 1.54) is 6.92 Å². The Hall–Kier alpha value is -0.690. The molecule has 0 saturated carbocycles. The molecule has 0 radical (unpaired) electrons. The molecule has 6 heteroatoms. The van der Waals surface area contributed by atoms with Crippen molar-refractivity contribution in [2.75, 3.05) is 0 Å². The molecule has 1 fully saturated rings. The molecule has 13 heavy (non-hydrogen) atoms. The van der Waals surface area contributed by atoms with Gasteiger partial charge in [0.2, 0.25) is 0 Å². The van der Waals surface area contributed by atoms with Crippen LogP contribution in [0.2, 0.25) is 0 Å². The average Bonchev–Trinajstić information content (AvgIpc) is 2.07. The van der Waals surface area contributed by atoms with Gasteiger partial charge in [0, 0.05) is 0 Å². The molecule has 4 N–H and O–H groups in total. The van der Waals surface area contributed by atoms with Crippen LogP contribution < -0.4 is 0 Å². The summed E-state index contributed by atoms with van der Waals surface area (Å²) < 4.78 is 4.78. The van der Waals surface area contributed by atoms with Crippen LogP contribution in [-0.4, -0.2) is 56.9 Å². The number of carboxylic acids is 1. The summed E-state index contributed by atoms with van der Waals surface area (Å²) in [5, 5.41) is 36.1. The number of hydrogen-bond acceptors (Lipinski definition) is 5. The molecule has 0 amide bonds. The van der Waals surface area contributed by atoms with Gasteiger partial charge >= 0.3 is 5.97 Å². The third-order valence-corrected chi connectivity index (χ3v) is 2.10. The van der Waals surface area contributed by atoms with Crippen LogP contribution >= 0.6 is 0 Å². The molecular formula is C7H12O6. The van der Waals surface area contributed by atoms with Gasteiger partial charge in [-0.05, 0) is 6.92 Å². The van der Waals surface area contributed by atoms with Crippen molar-refractivity contribution in [1.82, 2.24) is 0 Å². The Morgan fingerprint density at radius 1 is 1.15 bits per heavy atom. The van der Waals surface area contributed by atoms with Crippen molar-refractivity contribution < 1.29 is 30.0 Å². The van der Waals surface area contributed by atoms with Crippen LogP contribution in [-0.2, 0) is 9.53 Å². The highest BCUT2D eigenvalue weighted by Crippen LogP contribution is 2.20. The molecule has 0 aromatic carbocycles. The fourth-order valence-corrected chi connectivity index (χ4v) is 1.26. The van der Waals surface area contributed by atoms with Crippen molar-refractivity contribution >= 4 is 5.97 Å². The molecular weight excluding hydrogens is 180 g/mol. The lowest BCUT2D eigenvalue weighted by atomic mass is 9.96. The van der Waals surface area contributed by atoms with Crippen LogP contribution in [0.4, 0.5) is 0 Å². The number of aliphatic hydroxyl groups excluding tert-OH is 3. The summed E-state index contributed by atoms with van der Waals surface area (Å²) in [6.45, 7) is 1.43. The minimum absolute atomic E-state index is 0.806. The maximum Gasteiger partial charge on any atom is 0.335 e. The minimum atomic E-state index is -1.59. The summed E-state index contributed by atoms with van der Waals surface area (Å²) in [7, 11) is 0. The van der Waals surface area contributed by atoms with Gasteiger partial charge in [-0.2, -0.15) is 0 Å². The first kappa shape index (κ1) is 10.4. The zero-order valence-electron chi connectivity index (χ0n) is 6.99. The highest BCUT2D eigenvalue weighted by molar-refractivity contribution is 5.73. The van der Waals surface area contributed by atoms with Gasteiger partial charge in [-0.3, -0.25) is 0 Å². The SMILES string of the molecule is C[C@H]1O[C@H](C(=O)O)[C@@H](O)[C@H](O)[C@H]1O. The van der Waals surface area contributed by atoms with E-state index in [0.717, 1.165) is 0 Å². The molecule has 1 aliphatic heterocycles. The van der Waals surface area contributed by atoms with E-state index in [1.54, 1.807) is 0 Å². The summed E-state index contributed by atoms with van der Waals surface area (Å²) in [4.78, 5) is 10.5. The van der Waals surface area contributed by atoms with Crippen LogP contribution in [0.3, 0.4) is 0 Å². The first-order valence-electron chi connectivity index (χ1n) is 3.87. The smallest absolute Gasteiger partial charge is 0.335 e. The van der Waals surface area contributed by atoms with Gasteiger partial charge in [0.25, 0.3) is 0 Å². The van der Waals surface area contributed by atoms with Crippen molar-refractivity contribution in [2.45, 2.75) is 37.4 Å². The maximum absolute atomic E-state index is 10.5. The Morgan fingerprint density at radius 2 is 1.69 bits per heavy atom. The van der Waals surface area contributed by atoms with Crippen LogP contribution in [0.5, 0.6) is 0 Å². The largest absolute Gasteiger partial charge is 0.479 e. The fraction of sp³-hybridized carbons (Fsp3) is 0.857. The molecule has 0 spiro atoms. The van der Waals surface area contributed by atoms with Crippen LogP contribution in [0.1, 0.15) is 6.92 Å². The van der Waals surface area contributed by atoms with Gasteiger partial charge in [0.1, 0.15) is 18.3 Å². The molecule has 76 valence electrons. The van der Waals surface area contributed by atoms with Crippen molar-refractivity contribution in [1.29, 1.82) is 0 Å². The Balaban J connectivity index is 2.76. The number of hydrogen-bond donors (Lipinski definition) is 4. The third-order valence-electron chi connectivity index (χ3n) is 2.10. The van der Waals surface area contributed by atoms with Gasteiger partial charge in [-0.25, -0.2) is 4.79 Å². The second kappa shape index (κ2) is 3.59. The van der Waals surface area contributed by atoms with Gasteiger partial charge in [0.05, 0.1) is 6.10 Å². The highest BCUT2D eigenvalue weighted by Gasteiger charge is 2.44. The lowest BCUT2D eigenvalue weighted by Crippen LogP contribution is -2.58. The second-order valence-electron chi connectivity index (χ2n) is 3.07. The predicted octanol–water partition coefficient (Wildman–Crippen LogP) is -2.06. The van der Waals surface area contributed by atoms with Gasteiger partial charge in [-0.15, -0.1) is 0 Å². The number of ether oxygens (including phenoxy) is 1. The Bertz CT molecular complexity index is 205. The Kier molecular flexibility index (Phi) is 2.87. The van der Waals surface area contributed by atoms with Crippen molar-refractivity contribution in [3.63, 3.8) is 0 Å². The standard InChI is InChI=1S/C7H12O6/c1-2-3(8)4(9)5(10)6(13-2)7(11)12/h2-6,8-10H,1H3,(H,11,12)/t2-,3+,4-,5+,6+/m1/s1. The lowest BCUT2D eigenvalue weighted by Gasteiger charge is -2.37. The zero-order valence-corrected chi connectivity index (χ0v) is 6.99. The van der Waals surface area contributed by atoms with Crippen LogP contribution in [0, 0.1) is 0 Å². The van der Waals surface area contributed by atoms with E-state index < -0.39 is 36.5 Å². The second-order valence-corrected chi connectivity index (χ2v) is 3.07. The molecule has 0 aromatic rings. The van der Waals surface area contributed by atoms with E-state index in [-0.39, 0.29) is 0 Å². The van der Waals surface area contributed by atoms with Crippen LogP contribution in [0.25, 0.3) is 0 Å². The van der Waals surface area contributed by atoms with E-state index in [0.29, 0.717) is 0 Å². The highest BCUT2D eigenvalue weighted by atomic mass is 16.6. The summed E-state index contributed by atoms with van der Waals surface area (Å²) >= 11 is 0. The number of carboxylic acid groups (broad SMARTS) is 1. The summed E-state index contributed by atoms with van der Waals surface area (Å²) in [5.41, 5.74) is 0. The van der Waals surface area contributed by atoms with Gasteiger partial charge in [-0.1, -0.05) is 0 Å². The van der Waals surface area contributed by atoms with E-state index in [4.69, 9.17) is 9.84 Å². The van der Waals surface area contributed by atoms with Crippen molar-refractivity contribution in [3.8, 4) is 0 Å². The fourth-order valence-electron chi connectivity index (χ4n) is 1.26. The topological polar surface area (TPSA) is 107 Å². The summed E-state index contributed by atoms with van der Waals surface area (Å²) in [6.07, 6.45) is -6.62. The lowest BCUT2D eigenvalue weighted by molar-refractivity contribution is -0.223. The van der Waals surface area contributed by atoms with Gasteiger partial charge in [0.15, 0.2) is 6.10 Å². The molecule has 1 rings (SSSR count). The molecule has 0 bridgehead atoms. The van der Waals surface area contributed by atoms with E-state index in [9.17, 15) is 20.1 Å². The number of carbonyl (C=O) groups is 1. The molecule has 0 aromatic heterocycles. The molecule has 1 saturated heterocycles. The number of aliphatic hydroxyl groups is 3. The Labute approximate surface area is 74.4 Å². The Morgan fingerprint density at radius 3 is 2.15 bits per heavy atom. The minimum Gasteiger partial charge on any atom is -0.479 e. The van der Waals surface area contributed by atoms with E-state index >= 15 is 0 Å². The number of rotatable bonds is 1. The van der Waals surface area contributed by atoms with Gasteiger partial charge < -0.3 is 25.2 Å². The van der Waals surface area contributed by atoms with Crippen LogP contribution in [0.15, 0.2) is 0 Å². The molecule has 1 heterocycles. The molecule has 0 aliphatic carbocycles. The molecule has 6 nitrogen and oxygen atoms in total. The first-order valence-corrected chi connectivity index (χ1v) is 3.87. The van der Waals surface area contributed by atoms with Crippen molar-refractivity contribution in [2.24, 2.45) is 0 Å². The quantitative estimate of drug-likeness (QED) is 0.380. The predicted molar refractivity (Wildman–Crippen MR) is 40.0 cm³/mol. The third kappa shape index (κ3) is 1.80. The summed E-state index contributed by atoms with van der Waals surface area (Å²) in [6, 6.07) is 0. The van der Waals surface area contributed by atoms with E-state index in [2.05, 4.69) is 0 Å². The normalized spacial score (nSPS) is 46.0. The molecule has 5 atom stereocenters. The van der Waals surface area contributed by atoms with E-state index in [1.807, 2.05) is 0 Å². The molecule has 1 aliphatic rings. The zero-order chi connectivity index (χ0) is 10.2.